The lowest BCUT2D eigenvalue weighted by Gasteiger charge is -2.23. The van der Waals surface area contributed by atoms with Gasteiger partial charge in [0.2, 0.25) is 10.0 Å². The van der Waals surface area contributed by atoms with Gasteiger partial charge in [0, 0.05) is 42.3 Å². The summed E-state index contributed by atoms with van der Waals surface area (Å²) in [5.41, 5.74) is 0.206. The fraction of sp³-hybridized carbons (Fsp3) is 0.478. The summed E-state index contributed by atoms with van der Waals surface area (Å²) >= 11 is 0. The van der Waals surface area contributed by atoms with Gasteiger partial charge < -0.3 is 24.8 Å². The molecule has 1 aliphatic rings. The number of rotatable bonds is 10. The largest absolute Gasteiger partial charge is 0.513 e. The molecule has 1 fully saturated rings. The maximum Gasteiger partial charge on any atom is 0.513 e. The Hall–Kier alpha value is -2.89. The van der Waals surface area contributed by atoms with Gasteiger partial charge in [0.25, 0.3) is 5.56 Å². The van der Waals surface area contributed by atoms with Crippen molar-refractivity contribution in [3.8, 4) is 5.75 Å². The van der Waals surface area contributed by atoms with Gasteiger partial charge in [-0.3, -0.25) is 4.79 Å². The second-order valence-electron chi connectivity index (χ2n) is 8.72. The summed E-state index contributed by atoms with van der Waals surface area (Å²) in [6, 6.07) is 4.82. The first-order valence-electron chi connectivity index (χ1n) is 11.5. The van der Waals surface area contributed by atoms with Crippen molar-refractivity contribution in [2.24, 2.45) is 0 Å². The molecule has 11 heteroatoms. The van der Waals surface area contributed by atoms with Crippen molar-refractivity contribution in [3.63, 3.8) is 0 Å². The first kappa shape index (κ1) is 24.2. The number of fused-ring (bicyclic) bond motifs is 3. The molecule has 1 aromatic carbocycles. The molecule has 0 atom stereocenters. The van der Waals surface area contributed by atoms with Crippen molar-refractivity contribution in [2.75, 3.05) is 19.7 Å². The summed E-state index contributed by atoms with van der Waals surface area (Å²) < 4.78 is 39.0. The molecule has 0 bridgehead atoms. The molecule has 2 heterocycles. The lowest BCUT2D eigenvalue weighted by molar-refractivity contribution is 0.0997. The Labute approximate surface area is 197 Å². The van der Waals surface area contributed by atoms with Crippen LogP contribution in [0.25, 0.3) is 21.8 Å². The third kappa shape index (κ3) is 4.96. The number of ether oxygens (including phenoxy) is 2. The molecule has 2 aromatic heterocycles. The van der Waals surface area contributed by atoms with Gasteiger partial charge in [-0.2, -0.15) is 4.31 Å². The summed E-state index contributed by atoms with van der Waals surface area (Å²) in [5, 5.41) is 4.04. The van der Waals surface area contributed by atoms with Crippen LogP contribution in [0.2, 0.25) is 0 Å². The zero-order chi connectivity index (χ0) is 24.5. The van der Waals surface area contributed by atoms with E-state index in [0.717, 1.165) is 12.8 Å². The van der Waals surface area contributed by atoms with E-state index in [-0.39, 0.29) is 34.9 Å². The Morgan fingerprint density at radius 2 is 2.06 bits per heavy atom. The quantitative estimate of drug-likeness (QED) is 0.372. The van der Waals surface area contributed by atoms with Crippen LogP contribution in [0.15, 0.2) is 34.1 Å². The van der Waals surface area contributed by atoms with Crippen LogP contribution in [-0.2, 0) is 14.8 Å². The van der Waals surface area contributed by atoms with E-state index in [2.05, 4.69) is 15.3 Å². The number of carbonyl (C=O) groups is 1. The molecule has 3 aromatic rings. The average molecular weight is 491 g/mol. The Morgan fingerprint density at radius 3 is 2.74 bits per heavy atom. The van der Waals surface area contributed by atoms with Crippen molar-refractivity contribution < 1.29 is 22.7 Å². The van der Waals surface area contributed by atoms with Gasteiger partial charge in [-0.05, 0) is 37.5 Å². The SMILES string of the molecule is CCCOC(=O)Oc1c[nH]c2c(=O)[nH]c3ccc(S(=O)(=O)N(CCNC(C)C)C4CC4)cc3c12. The molecule has 0 aliphatic heterocycles. The highest BCUT2D eigenvalue weighted by Gasteiger charge is 2.38. The first-order chi connectivity index (χ1) is 16.2. The van der Waals surface area contributed by atoms with E-state index >= 15 is 0 Å². The minimum absolute atomic E-state index is 0.00949. The number of sulfonamides is 1. The van der Waals surface area contributed by atoms with Crippen LogP contribution in [-0.4, -0.2) is 60.6 Å². The number of pyridine rings is 1. The summed E-state index contributed by atoms with van der Waals surface area (Å²) in [6.45, 7) is 7.01. The molecule has 1 saturated carbocycles. The van der Waals surface area contributed by atoms with Crippen LogP contribution in [0.1, 0.15) is 40.0 Å². The second kappa shape index (κ2) is 9.77. The Kier molecular flexibility index (Phi) is 6.96. The zero-order valence-electron chi connectivity index (χ0n) is 19.5. The second-order valence-corrected chi connectivity index (χ2v) is 10.6. The van der Waals surface area contributed by atoms with Gasteiger partial charge in [-0.1, -0.05) is 20.8 Å². The number of nitrogens with zero attached hydrogens (tertiary/aromatic N) is 1. The van der Waals surface area contributed by atoms with Crippen LogP contribution in [0.5, 0.6) is 5.75 Å². The number of H-pyrrole nitrogens is 2. The van der Waals surface area contributed by atoms with Crippen LogP contribution < -0.4 is 15.6 Å². The molecule has 0 amide bonds. The molecule has 1 aliphatic carbocycles. The predicted molar refractivity (Wildman–Crippen MR) is 129 cm³/mol. The normalized spacial score (nSPS) is 14.4. The smallest absolute Gasteiger partial charge is 0.434 e. The van der Waals surface area contributed by atoms with Gasteiger partial charge in [-0.15, -0.1) is 0 Å². The summed E-state index contributed by atoms with van der Waals surface area (Å²) in [5.74, 6) is 0.0990. The number of carbonyl (C=O) groups excluding carboxylic acids is 1. The highest BCUT2D eigenvalue weighted by Crippen LogP contribution is 2.35. The highest BCUT2D eigenvalue weighted by atomic mass is 32.2. The average Bonchev–Trinajstić information content (AvgIpc) is 3.54. The number of hydrogen-bond donors (Lipinski definition) is 3. The molecular formula is C23H30N4O6S. The number of aromatic amines is 2. The fourth-order valence-electron chi connectivity index (χ4n) is 3.88. The van der Waals surface area contributed by atoms with E-state index in [0.29, 0.717) is 35.8 Å². The van der Waals surface area contributed by atoms with E-state index in [1.165, 1.54) is 18.3 Å². The van der Waals surface area contributed by atoms with E-state index in [1.54, 1.807) is 10.4 Å². The molecule has 34 heavy (non-hydrogen) atoms. The van der Waals surface area contributed by atoms with Crippen molar-refractivity contribution in [1.82, 2.24) is 19.6 Å². The molecule has 0 spiro atoms. The van der Waals surface area contributed by atoms with Gasteiger partial charge in [0.1, 0.15) is 5.52 Å². The predicted octanol–water partition coefficient (Wildman–Crippen LogP) is 3.09. The summed E-state index contributed by atoms with van der Waals surface area (Å²) in [4.78, 5) is 30.2. The maximum absolute atomic E-state index is 13.6. The van der Waals surface area contributed by atoms with Crippen LogP contribution in [0.4, 0.5) is 4.79 Å². The van der Waals surface area contributed by atoms with Gasteiger partial charge in [-0.25, -0.2) is 13.2 Å². The maximum atomic E-state index is 13.6. The molecule has 184 valence electrons. The zero-order valence-corrected chi connectivity index (χ0v) is 20.3. The lowest BCUT2D eigenvalue weighted by atomic mass is 10.1. The minimum Gasteiger partial charge on any atom is -0.434 e. The molecule has 0 radical (unpaired) electrons. The Morgan fingerprint density at radius 1 is 1.29 bits per heavy atom. The van der Waals surface area contributed by atoms with Gasteiger partial charge >= 0.3 is 6.16 Å². The first-order valence-corrected chi connectivity index (χ1v) is 12.9. The third-order valence-electron chi connectivity index (χ3n) is 5.64. The van der Waals surface area contributed by atoms with E-state index in [1.807, 2.05) is 20.8 Å². The molecule has 0 unspecified atom stereocenters. The van der Waals surface area contributed by atoms with Crippen molar-refractivity contribution in [2.45, 2.75) is 57.0 Å². The number of nitrogens with one attached hydrogen (secondary N) is 3. The highest BCUT2D eigenvalue weighted by molar-refractivity contribution is 7.89. The standard InChI is InChI=1S/C23H30N4O6S/c1-4-11-32-23(29)33-19-13-25-21-20(19)17-12-16(7-8-18(17)26-22(21)28)34(30,31)27(15-5-6-15)10-9-24-14(2)3/h7-8,12-15,24-25H,4-6,9-11H2,1-3H3,(H,26,28). The van der Waals surface area contributed by atoms with Crippen LogP contribution >= 0.6 is 0 Å². The lowest BCUT2D eigenvalue weighted by Crippen LogP contribution is -2.39. The minimum atomic E-state index is -3.78. The Balaban J connectivity index is 1.75. The van der Waals surface area contributed by atoms with Gasteiger partial charge in [0.15, 0.2) is 5.75 Å². The fourth-order valence-corrected chi connectivity index (χ4v) is 5.59. The van der Waals surface area contributed by atoms with Crippen molar-refractivity contribution >= 4 is 38.0 Å². The Bertz CT molecular complexity index is 1360. The van der Waals surface area contributed by atoms with E-state index in [4.69, 9.17) is 9.47 Å². The van der Waals surface area contributed by atoms with Crippen LogP contribution in [0.3, 0.4) is 0 Å². The summed E-state index contributed by atoms with van der Waals surface area (Å²) in [6.07, 6.45) is 2.81. The molecule has 4 rings (SSSR count). The number of benzene rings is 1. The monoisotopic (exact) mass is 490 g/mol. The topological polar surface area (TPSA) is 134 Å². The molecule has 0 saturated heterocycles. The number of aromatic nitrogens is 2. The summed E-state index contributed by atoms with van der Waals surface area (Å²) in [7, 11) is -3.78. The molecule has 3 N–H and O–H groups in total. The van der Waals surface area contributed by atoms with E-state index in [9.17, 15) is 18.0 Å². The third-order valence-corrected chi connectivity index (χ3v) is 7.59. The molecular weight excluding hydrogens is 460 g/mol. The number of hydrogen-bond acceptors (Lipinski definition) is 7. The van der Waals surface area contributed by atoms with E-state index < -0.39 is 21.7 Å². The van der Waals surface area contributed by atoms with Crippen molar-refractivity contribution in [1.29, 1.82) is 0 Å². The molecule has 10 nitrogen and oxygen atoms in total. The van der Waals surface area contributed by atoms with Crippen LogP contribution in [0, 0.1) is 0 Å². The van der Waals surface area contributed by atoms with Gasteiger partial charge in [0.05, 0.1) is 16.9 Å². The van der Waals surface area contributed by atoms with Crippen molar-refractivity contribution in [3.05, 3.63) is 34.7 Å².